The number of nitrogens with zero attached hydrogens (tertiary/aromatic N) is 4. The van der Waals surface area contributed by atoms with Crippen LogP contribution in [0.5, 0.6) is 0 Å². The third-order valence-electron chi connectivity index (χ3n) is 3.26. The Balaban J connectivity index is 2.23. The molecule has 0 aliphatic heterocycles. The van der Waals surface area contributed by atoms with E-state index >= 15 is 0 Å². The predicted molar refractivity (Wildman–Crippen MR) is 77.7 cm³/mol. The van der Waals surface area contributed by atoms with Gasteiger partial charge in [-0.15, -0.1) is 0 Å². The van der Waals surface area contributed by atoms with Crippen LogP contribution in [0.1, 0.15) is 19.0 Å². The first-order valence-electron chi connectivity index (χ1n) is 6.17. The second-order valence-electron chi connectivity index (χ2n) is 4.70. The summed E-state index contributed by atoms with van der Waals surface area (Å²) in [6.07, 6.45) is 0.458. The van der Waals surface area contributed by atoms with Gasteiger partial charge in [0.25, 0.3) is 0 Å². The Hall–Kier alpha value is -1.63. The van der Waals surface area contributed by atoms with Gasteiger partial charge in [-0.1, -0.05) is 11.3 Å². The molecule has 1 N–H and O–H groups in total. The van der Waals surface area contributed by atoms with Crippen molar-refractivity contribution in [2.45, 2.75) is 26.3 Å². The summed E-state index contributed by atoms with van der Waals surface area (Å²) in [6.45, 7) is 4.00. The number of fused-ring (bicyclic) bond motifs is 1. The first-order valence-corrected chi connectivity index (χ1v) is 6.99. The lowest BCUT2D eigenvalue weighted by Crippen LogP contribution is -2.34. The number of aromatic nitrogens is 3. The molecule has 0 unspecified atom stereocenters. The van der Waals surface area contributed by atoms with E-state index in [0.29, 0.717) is 6.42 Å². The number of amides is 1. The normalized spacial score (nSPS) is 12.7. The minimum absolute atomic E-state index is 0.0401. The summed E-state index contributed by atoms with van der Waals surface area (Å²) in [5.74, 6) is 0.0401. The van der Waals surface area contributed by atoms with Crippen LogP contribution in [0.4, 0.5) is 5.13 Å². The largest absolute Gasteiger partial charge is 0.359 e. The Labute approximate surface area is 116 Å². The van der Waals surface area contributed by atoms with Crippen LogP contribution < -0.4 is 10.2 Å². The standard InChI is InChI=1S/C12H19N5OS/c1-7(6-9(18)13-3)16(4)12-14-11-10(19-12)8(2)15-17(11)5/h7H,6H2,1-5H3,(H,13,18)/t7-/m0/s1. The smallest absolute Gasteiger partial charge is 0.221 e. The van der Waals surface area contributed by atoms with Gasteiger partial charge in [-0.05, 0) is 13.8 Å². The van der Waals surface area contributed by atoms with Crippen molar-refractivity contribution in [1.82, 2.24) is 20.1 Å². The molecule has 104 valence electrons. The molecule has 0 radical (unpaired) electrons. The molecule has 0 saturated carbocycles. The van der Waals surface area contributed by atoms with Crippen molar-refractivity contribution >= 4 is 32.7 Å². The van der Waals surface area contributed by atoms with Crippen LogP contribution in [0.2, 0.25) is 0 Å². The number of nitrogens with one attached hydrogen (secondary N) is 1. The molecular weight excluding hydrogens is 262 g/mol. The van der Waals surface area contributed by atoms with E-state index in [1.807, 2.05) is 32.8 Å². The molecule has 2 heterocycles. The third-order valence-corrected chi connectivity index (χ3v) is 4.50. The van der Waals surface area contributed by atoms with E-state index in [1.54, 1.807) is 23.1 Å². The van der Waals surface area contributed by atoms with E-state index in [0.717, 1.165) is 21.2 Å². The molecule has 0 fully saturated rings. The monoisotopic (exact) mass is 281 g/mol. The van der Waals surface area contributed by atoms with Gasteiger partial charge in [0.2, 0.25) is 5.91 Å². The molecule has 0 bridgehead atoms. The molecule has 19 heavy (non-hydrogen) atoms. The number of carbonyl (C=O) groups is 1. The van der Waals surface area contributed by atoms with Gasteiger partial charge in [0, 0.05) is 33.6 Å². The number of rotatable bonds is 4. The molecule has 6 nitrogen and oxygen atoms in total. The first-order chi connectivity index (χ1) is 8.93. The average molecular weight is 281 g/mol. The molecule has 2 aromatic heterocycles. The number of carbonyl (C=O) groups excluding carboxylic acids is 1. The highest BCUT2D eigenvalue weighted by atomic mass is 32.1. The fourth-order valence-corrected chi connectivity index (χ4v) is 3.02. The number of hydrogen-bond acceptors (Lipinski definition) is 5. The Bertz CT molecular complexity index is 568. The lowest BCUT2D eigenvalue weighted by molar-refractivity contribution is -0.120. The molecule has 0 aliphatic rings. The quantitative estimate of drug-likeness (QED) is 0.917. The second kappa shape index (κ2) is 5.16. The van der Waals surface area contributed by atoms with Gasteiger partial charge < -0.3 is 10.2 Å². The van der Waals surface area contributed by atoms with Crippen LogP contribution in [0, 0.1) is 6.92 Å². The number of aryl methyl sites for hydroxylation is 2. The van der Waals surface area contributed by atoms with Crippen molar-refractivity contribution in [3.63, 3.8) is 0 Å². The van der Waals surface area contributed by atoms with Gasteiger partial charge in [-0.2, -0.15) is 5.10 Å². The molecule has 0 aromatic carbocycles. The van der Waals surface area contributed by atoms with Crippen molar-refractivity contribution in [1.29, 1.82) is 0 Å². The van der Waals surface area contributed by atoms with Gasteiger partial charge in [0.1, 0.15) is 0 Å². The Kier molecular flexibility index (Phi) is 3.75. The summed E-state index contributed by atoms with van der Waals surface area (Å²) in [4.78, 5) is 18.1. The highest BCUT2D eigenvalue weighted by Gasteiger charge is 2.19. The van der Waals surface area contributed by atoms with Crippen molar-refractivity contribution < 1.29 is 4.79 Å². The minimum atomic E-state index is 0.0401. The summed E-state index contributed by atoms with van der Waals surface area (Å²) in [5.41, 5.74) is 1.89. The maximum Gasteiger partial charge on any atom is 0.221 e. The van der Waals surface area contributed by atoms with Crippen molar-refractivity contribution in [2.24, 2.45) is 7.05 Å². The zero-order valence-electron chi connectivity index (χ0n) is 11.9. The fourth-order valence-electron chi connectivity index (χ4n) is 1.92. The number of hydrogen-bond donors (Lipinski definition) is 1. The van der Waals surface area contributed by atoms with Crippen LogP contribution in [0.15, 0.2) is 0 Å². The van der Waals surface area contributed by atoms with Gasteiger partial charge in [0.15, 0.2) is 10.8 Å². The molecule has 0 saturated heterocycles. The highest BCUT2D eigenvalue weighted by Crippen LogP contribution is 2.31. The van der Waals surface area contributed by atoms with Gasteiger partial charge in [0.05, 0.1) is 10.4 Å². The van der Waals surface area contributed by atoms with E-state index in [1.165, 1.54) is 0 Å². The third kappa shape index (κ3) is 2.56. The summed E-state index contributed by atoms with van der Waals surface area (Å²) >= 11 is 1.62. The molecule has 0 spiro atoms. The van der Waals surface area contributed by atoms with Gasteiger partial charge in [-0.25, -0.2) is 9.67 Å². The molecule has 7 heteroatoms. The van der Waals surface area contributed by atoms with Crippen molar-refractivity contribution in [3.8, 4) is 0 Å². The van der Waals surface area contributed by atoms with E-state index in [2.05, 4.69) is 15.4 Å². The van der Waals surface area contributed by atoms with E-state index in [9.17, 15) is 4.79 Å². The lowest BCUT2D eigenvalue weighted by atomic mass is 10.2. The Morgan fingerprint density at radius 3 is 2.84 bits per heavy atom. The SMILES string of the molecule is CNC(=O)C[C@H](C)N(C)c1nc2c(s1)c(C)nn2C. The summed E-state index contributed by atoms with van der Waals surface area (Å²) in [6, 6.07) is 0.105. The average Bonchev–Trinajstić information content (AvgIpc) is 2.91. The maximum atomic E-state index is 11.4. The molecule has 0 aliphatic carbocycles. The van der Waals surface area contributed by atoms with Gasteiger partial charge in [-0.3, -0.25) is 4.79 Å². The van der Waals surface area contributed by atoms with E-state index < -0.39 is 0 Å². The molecular formula is C12H19N5OS. The topological polar surface area (TPSA) is 63.1 Å². The van der Waals surface area contributed by atoms with E-state index in [4.69, 9.17) is 0 Å². The second-order valence-corrected chi connectivity index (χ2v) is 5.67. The van der Waals surface area contributed by atoms with Crippen LogP contribution in [0.3, 0.4) is 0 Å². The minimum Gasteiger partial charge on any atom is -0.359 e. The maximum absolute atomic E-state index is 11.4. The molecule has 1 amide bonds. The molecule has 1 atom stereocenters. The fraction of sp³-hybridized carbons (Fsp3) is 0.583. The summed E-state index contributed by atoms with van der Waals surface area (Å²) < 4.78 is 2.90. The van der Waals surface area contributed by atoms with Gasteiger partial charge >= 0.3 is 0 Å². The highest BCUT2D eigenvalue weighted by molar-refractivity contribution is 7.22. The predicted octanol–water partition coefficient (Wildman–Crippen LogP) is 1.30. The van der Waals surface area contributed by atoms with Crippen LogP contribution in [-0.4, -0.2) is 40.8 Å². The first kappa shape index (κ1) is 13.8. The van der Waals surface area contributed by atoms with E-state index in [-0.39, 0.29) is 11.9 Å². The summed E-state index contributed by atoms with van der Waals surface area (Å²) in [5, 5.41) is 7.90. The number of thiazole rings is 1. The van der Waals surface area contributed by atoms with Crippen molar-refractivity contribution in [3.05, 3.63) is 5.69 Å². The molecule has 2 rings (SSSR count). The Morgan fingerprint density at radius 1 is 1.58 bits per heavy atom. The molecule has 2 aromatic rings. The van der Waals surface area contributed by atoms with Crippen LogP contribution in [-0.2, 0) is 11.8 Å². The zero-order valence-corrected chi connectivity index (χ0v) is 12.7. The van der Waals surface area contributed by atoms with Crippen LogP contribution in [0.25, 0.3) is 10.3 Å². The Morgan fingerprint density at radius 2 is 2.26 bits per heavy atom. The lowest BCUT2D eigenvalue weighted by Gasteiger charge is -2.23. The number of anilines is 1. The zero-order chi connectivity index (χ0) is 14.2. The van der Waals surface area contributed by atoms with Crippen LogP contribution >= 0.6 is 11.3 Å². The summed E-state index contributed by atoms with van der Waals surface area (Å²) in [7, 11) is 5.52. The van der Waals surface area contributed by atoms with Crippen molar-refractivity contribution in [2.75, 3.05) is 19.0 Å².